The number of hydrogen-bond donors (Lipinski definition) is 0. The van der Waals surface area contributed by atoms with Gasteiger partial charge >= 0.3 is 0 Å². The number of nitrogens with zero attached hydrogens (tertiary/aromatic N) is 3. The quantitative estimate of drug-likeness (QED) is 0.702. The second-order valence-corrected chi connectivity index (χ2v) is 5.20. The van der Waals surface area contributed by atoms with Gasteiger partial charge in [-0.1, -0.05) is 19.9 Å². The summed E-state index contributed by atoms with van der Waals surface area (Å²) in [4.78, 5) is 9.57. The lowest BCUT2D eigenvalue weighted by Gasteiger charge is -2.42. The van der Waals surface area contributed by atoms with E-state index in [4.69, 9.17) is 0 Å². The maximum absolute atomic E-state index is 4.65. The van der Waals surface area contributed by atoms with Crippen molar-refractivity contribution in [2.75, 3.05) is 27.2 Å². The Morgan fingerprint density at radius 3 is 2.50 bits per heavy atom. The van der Waals surface area contributed by atoms with E-state index in [-0.39, 0.29) is 5.54 Å². The highest BCUT2D eigenvalue weighted by atomic mass is 15.2. The summed E-state index contributed by atoms with van der Waals surface area (Å²) in [5, 5.41) is 0. The number of likely N-dealkylation sites (tertiary alicyclic amines) is 1. The Balaban J connectivity index is 0.000000574. The molecule has 0 radical (unpaired) electrons. The van der Waals surface area contributed by atoms with E-state index in [1.807, 2.05) is 20.0 Å². The van der Waals surface area contributed by atoms with E-state index < -0.39 is 0 Å². The molecule has 2 aliphatic rings. The van der Waals surface area contributed by atoms with Gasteiger partial charge in [0.25, 0.3) is 0 Å². The van der Waals surface area contributed by atoms with Gasteiger partial charge in [-0.15, -0.1) is 0 Å². The van der Waals surface area contributed by atoms with Gasteiger partial charge in [0.2, 0.25) is 0 Å². The minimum Gasteiger partial charge on any atom is -0.306 e. The molecule has 2 aliphatic heterocycles. The molecule has 0 N–H and O–H groups in total. The predicted octanol–water partition coefficient (Wildman–Crippen LogP) is 2.47. The number of piperidine rings is 1. The molecule has 1 spiro atoms. The molecule has 0 aromatic carbocycles. The fourth-order valence-corrected chi connectivity index (χ4v) is 3.18. The van der Waals surface area contributed by atoms with Gasteiger partial charge in [-0.05, 0) is 51.7 Å². The average molecular weight is 247 g/mol. The second kappa shape index (κ2) is 5.37. The summed E-state index contributed by atoms with van der Waals surface area (Å²) >= 11 is 0. The standard InChI is InChI=1S/C13H19N3.C2H6/c1-15-8-5-13(6-9-15)12-11(10-16(13)2)4-3-7-14-12;1-2/h3-4,7H,5-6,8-10H2,1-2H3;1-2H3. The third kappa shape index (κ3) is 2.06. The van der Waals surface area contributed by atoms with Gasteiger partial charge in [-0.25, -0.2) is 0 Å². The molecule has 0 unspecified atom stereocenters. The van der Waals surface area contributed by atoms with Crippen LogP contribution >= 0.6 is 0 Å². The van der Waals surface area contributed by atoms with Crippen LogP contribution < -0.4 is 0 Å². The molecule has 0 amide bonds. The van der Waals surface area contributed by atoms with Gasteiger partial charge in [-0.2, -0.15) is 0 Å². The summed E-state index contributed by atoms with van der Waals surface area (Å²) in [7, 11) is 4.45. The Bertz CT molecular complexity index is 394. The van der Waals surface area contributed by atoms with Crippen LogP contribution in [0.1, 0.15) is 37.9 Å². The summed E-state index contributed by atoms with van der Waals surface area (Å²) in [6.45, 7) is 7.42. The van der Waals surface area contributed by atoms with Crippen LogP contribution in [0.25, 0.3) is 0 Å². The summed E-state index contributed by atoms with van der Waals surface area (Å²) in [5.74, 6) is 0. The lowest BCUT2D eigenvalue weighted by atomic mass is 9.84. The van der Waals surface area contributed by atoms with E-state index in [9.17, 15) is 0 Å². The molecule has 1 saturated heterocycles. The fraction of sp³-hybridized carbons (Fsp3) is 0.667. The number of hydrogen-bond acceptors (Lipinski definition) is 3. The zero-order valence-corrected chi connectivity index (χ0v) is 12.1. The highest BCUT2D eigenvalue weighted by Crippen LogP contribution is 2.43. The first-order chi connectivity index (χ1) is 8.72. The van der Waals surface area contributed by atoms with Crippen LogP contribution in [0.15, 0.2) is 18.3 Å². The van der Waals surface area contributed by atoms with Crippen molar-refractivity contribution in [3.05, 3.63) is 29.6 Å². The lowest BCUT2D eigenvalue weighted by molar-refractivity contribution is 0.0549. The smallest absolute Gasteiger partial charge is 0.0661 e. The first-order valence-electron chi connectivity index (χ1n) is 7.06. The summed E-state index contributed by atoms with van der Waals surface area (Å²) in [6, 6.07) is 4.28. The maximum atomic E-state index is 4.65. The van der Waals surface area contributed by atoms with E-state index >= 15 is 0 Å². The molecule has 1 aromatic heterocycles. The molecule has 100 valence electrons. The van der Waals surface area contributed by atoms with Crippen molar-refractivity contribution in [1.29, 1.82) is 0 Å². The molecule has 0 aliphatic carbocycles. The average Bonchev–Trinajstić information content (AvgIpc) is 2.69. The first kappa shape index (κ1) is 13.5. The second-order valence-electron chi connectivity index (χ2n) is 5.20. The Labute approximate surface area is 111 Å². The molecule has 0 saturated carbocycles. The van der Waals surface area contributed by atoms with Crippen molar-refractivity contribution in [2.45, 2.75) is 38.8 Å². The Hall–Kier alpha value is -0.930. The number of pyridine rings is 1. The van der Waals surface area contributed by atoms with Gasteiger partial charge in [-0.3, -0.25) is 9.88 Å². The van der Waals surface area contributed by atoms with Crippen LogP contribution in [-0.2, 0) is 12.1 Å². The highest BCUT2D eigenvalue weighted by Gasteiger charge is 2.45. The Morgan fingerprint density at radius 2 is 1.83 bits per heavy atom. The fourth-order valence-electron chi connectivity index (χ4n) is 3.18. The molecule has 3 rings (SSSR count). The molecular formula is C15H25N3. The lowest BCUT2D eigenvalue weighted by Crippen LogP contribution is -2.47. The number of rotatable bonds is 0. The van der Waals surface area contributed by atoms with Crippen LogP contribution in [0.3, 0.4) is 0 Å². The van der Waals surface area contributed by atoms with Crippen LogP contribution in [0.5, 0.6) is 0 Å². The molecule has 1 aromatic rings. The van der Waals surface area contributed by atoms with Crippen LogP contribution in [0.4, 0.5) is 0 Å². The molecule has 0 atom stereocenters. The molecule has 3 nitrogen and oxygen atoms in total. The van der Waals surface area contributed by atoms with E-state index in [0.29, 0.717) is 0 Å². The predicted molar refractivity (Wildman–Crippen MR) is 75.5 cm³/mol. The minimum absolute atomic E-state index is 0.225. The van der Waals surface area contributed by atoms with Gasteiger partial charge in [0.15, 0.2) is 0 Å². The molecule has 3 heterocycles. The van der Waals surface area contributed by atoms with Crippen molar-refractivity contribution in [2.24, 2.45) is 0 Å². The zero-order chi connectivity index (χ0) is 13.2. The van der Waals surface area contributed by atoms with Crippen LogP contribution in [0.2, 0.25) is 0 Å². The Morgan fingerprint density at radius 1 is 1.17 bits per heavy atom. The van der Waals surface area contributed by atoms with Crippen molar-refractivity contribution in [3.8, 4) is 0 Å². The molecule has 3 heteroatoms. The minimum atomic E-state index is 0.225. The monoisotopic (exact) mass is 247 g/mol. The van der Waals surface area contributed by atoms with Gasteiger partial charge in [0.1, 0.15) is 0 Å². The first-order valence-corrected chi connectivity index (χ1v) is 7.06. The molecule has 1 fully saturated rings. The van der Waals surface area contributed by atoms with Gasteiger partial charge < -0.3 is 4.90 Å². The van der Waals surface area contributed by atoms with Crippen molar-refractivity contribution >= 4 is 0 Å². The van der Waals surface area contributed by atoms with E-state index in [1.165, 1.54) is 37.2 Å². The normalized spacial score (nSPS) is 22.4. The van der Waals surface area contributed by atoms with E-state index in [0.717, 1.165) is 6.54 Å². The largest absolute Gasteiger partial charge is 0.306 e. The zero-order valence-electron chi connectivity index (χ0n) is 12.1. The molecule has 0 bridgehead atoms. The third-order valence-corrected chi connectivity index (χ3v) is 4.28. The van der Waals surface area contributed by atoms with Crippen LogP contribution in [0, 0.1) is 0 Å². The number of aromatic nitrogens is 1. The highest BCUT2D eigenvalue weighted by molar-refractivity contribution is 5.32. The van der Waals surface area contributed by atoms with Gasteiger partial charge in [0, 0.05) is 12.7 Å². The summed E-state index contributed by atoms with van der Waals surface area (Å²) in [6.07, 6.45) is 4.37. The Kier molecular flexibility index (Phi) is 4.03. The van der Waals surface area contributed by atoms with Crippen molar-refractivity contribution < 1.29 is 0 Å². The van der Waals surface area contributed by atoms with E-state index in [1.54, 1.807) is 0 Å². The van der Waals surface area contributed by atoms with Gasteiger partial charge in [0.05, 0.1) is 11.2 Å². The van der Waals surface area contributed by atoms with Crippen molar-refractivity contribution in [1.82, 2.24) is 14.8 Å². The summed E-state index contributed by atoms with van der Waals surface area (Å²) < 4.78 is 0. The van der Waals surface area contributed by atoms with Crippen molar-refractivity contribution in [3.63, 3.8) is 0 Å². The van der Waals surface area contributed by atoms with Crippen LogP contribution in [-0.4, -0.2) is 42.0 Å². The molecular weight excluding hydrogens is 222 g/mol. The summed E-state index contributed by atoms with van der Waals surface area (Å²) in [5.41, 5.74) is 2.99. The maximum Gasteiger partial charge on any atom is 0.0661 e. The van der Waals surface area contributed by atoms with E-state index in [2.05, 4.69) is 41.0 Å². The third-order valence-electron chi connectivity index (χ3n) is 4.28. The molecule has 18 heavy (non-hydrogen) atoms. The SMILES string of the molecule is CC.CN1CCC2(CC1)c1ncccc1CN2C. The topological polar surface area (TPSA) is 19.4 Å². The number of fused-ring (bicyclic) bond motifs is 2.